The number of carbonyl (C=O) groups is 2. The van der Waals surface area contributed by atoms with E-state index >= 15 is 0 Å². The summed E-state index contributed by atoms with van der Waals surface area (Å²) in [7, 11) is 0. The Morgan fingerprint density at radius 2 is 1.87 bits per heavy atom. The summed E-state index contributed by atoms with van der Waals surface area (Å²) in [6.45, 7) is 1.86. The third-order valence-corrected chi connectivity index (χ3v) is 5.68. The number of anilines is 1. The zero-order valence-electron chi connectivity index (χ0n) is 15.8. The molecule has 0 aliphatic carbocycles. The standard InChI is InChI=1S/C20H18BrN3O6/c21-14-6-5-13(11-16(14)24(27)28)19(25)23-12-18(20(26)22-7-9-29-10-8-22)30-17-4-2-1-3-15(17)23/h1-6,11,18H,7-10,12H2/t18-/m1/s1. The molecule has 2 aliphatic heterocycles. The lowest BCUT2D eigenvalue weighted by Gasteiger charge is -2.37. The number of nitro groups is 1. The van der Waals surface area contributed by atoms with Gasteiger partial charge in [0.25, 0.3) is 17.5 Å². The SMILES string of the molecule is O=C([C@H]1CN(C(=O)c2ccc(Br)c([N+](=O)[O-])c2)c2ccccc2O1)N1CCOCC1. The van der Waals surface area contributed by atoms with E-state index in [1.807, 2.05) is 0 Å². The van der Waals surface area contributed by atoms with E-state index in [9.17, 15) is 19.7 Å². The van der Waals surface area contributed by atoms with Gasteiger partial charge >= 0.3 is 0 Å². The van der Waals surface area contributed by atoms with Crippen LogP contribution in [0.1, 0.15) is 10.4 Å². The fourth-order valence-electron chi connectivity index (χ4n) is 3.48. The summed E-state index contributed by atoms with van der Waals surface area (Å²) in [4.78, 5) is 40.1. The molecule has 9 nitrogen and oxygen atoms in total. The number of carbonyl (C=O) groups excluding carboxylic acids is 2. The van der Waals surface area contributed by atoms with Crippen molar-refractivity contribution in [2.75, 3.05) is 37.7 Å². The molecule has 2 aliphatic rings. The number of amides is 2. The van der Waals surface area contributed by atoms with Gasteiger partial charge in [-0.25, -0.2) is 0 Å². The highest BCUT2D eigenvalue weighted by Crippen LogP contribution is 2.35. The second-order valence-corrected chi connectivity index (χ2v) is 7.71. The predicted octanol–water partition coefficient (Wildman–Crippen LogP) is 2.62. The Bertz CT molecular complexity index is 1010. The minimum atomic E-state index is -0.868. The van der Waals surface area contributed by atoms with Gasteiger partial charge in [-0.15, -0.1) is 0 Å². The van der Waals surface area contributed by atoms with Crippen molar-refractivity contribution in [3.63, 3.8) is 0 Å². The van der Waals surface area contributed by atoms with Crippen LogP contribution in [0.2, 0.25) is 0 Å². The van der Waals surface area contributed by atoms with E-state index in [0.29, 0.717) is 37.7 Å². The lowest BCUT2D eigenvalue weighted by atomic mass is 10.1. The number of hydrogen-bond acceptors (Lipinski definition) is 6. The molecule has 2 aromatic rings. The van der Waals surface area contributed by atoms with Crippen LogP contribution in [-0.2, 0) is 9.53 Å². The number of halogens is 1. The molecular weight excluding hydrogens is 458 g/mol. The molecule has 1 saturated heterocycles. The van der Waals surface area contributed by atoms with Crippen molar-refractivity contribution in [1.29, 1.82) is 0 Å². The summed E-state index contributed by atoms with van der Waals surface area (Å²) in [6.07, 6.45) is -0.868. The number of rotatable bonds is 3. The fourth-order valence-corrected chi connectivity index (χ4v) is 3.88. The van der Waals surface area contributed by atoms with Gasteiger partial charge < -0.3 is 19.3 Å². The van der Waals surface area contributed by atoms with Crippen molar-refractivity contribution in [1.82, 2.24) is 4.90 Å². The van der Waals surface area contributed by atoms with Crippen molar-refractivity contribution >= 4 is 39.1 Å². The van der Waals surface area contributed by atoms with Crippen LogP contribution in [0.4, 0.5) is 11.4 Å². The van der Waals surface area contributed by atoms with Gasteiger partial charge in [-0.2, -0.15) is 0 Å². The largest absolute Gasteiger partial charge is 0.476 e. The summed E-state index contributed by atoms with van der Waals surface area (Å²) < 4.78 is 11.5. The van der Waals surface area contributed by atoms with Gasteiger partial charge in [0.2, 0.25) is 0 Å². The van der Waals surface area contributed by atoms with Crippen molar-refractivity contribution in [3.05, 3.63) is 62.6 Å². The van der Waals surface area contributed by atoms with Crippen LogP contribution < -0.4 is 9.64 Å². The number of para-hydroxylation sites is 2. The molecule has 0 N–H and O–H groups in total. The first-order valence-corrected chi connectivity index (χ1v) is 10.1. The minimum absolute atomic E-state index is 0.00982. The molecule has 2 heterocycles. The second kappa shape index (κ2) is 8.41. The molecule has 156 valence electrons. The number of nitrogens with zero attached hydrogens (tertiary/aromatic N) is 3. The maximum absolute atomic E-state index is 13.3. The summed E-state index contributed by atoms with van der Waals surface area (Å²) in [6, 6.07) is 11.1. The van der Waals surface area contributed by atoms with Crippen LogP contribution >= 0.6 is 15.9 Å². The van der Waals surface area contributed by atoms with Crippen LogP contribution in [0, 0.1) is 10.1 Å². The quantitative estimate of drug-likeness (QED) is 0.499. The number of benzene rings is 2. The molecule has 2 aromatic carbocycles. The summed E-state index contributed by atoms with van der Waals surface area (Å²) in [5.41, 5.74) is 0.460. The maximum Gasteiger partial charge on any atom is 0.284 e. The maximum atomic E-state index is 13.3. The highest BCUT2D eigenvalue weighted by atomic mass is 79.9. The minimum Gasteiger partial charge on any atom is -0.476 e. The summed E-state index contributed by atoms with van der Waals surface area (Å²) in [5, 5.41) is 11.3. The summed E-state index contributed by atoms with van der Waals surface area (Å²) in [5.74, 6) is -0.246. The molecule has 0 saturated carbocycles. The fraction of sp³-hybridized carbons (Fsp3) is 0.300. The van der Waals surface area contributed by atoms with Gasteiger partial charge in [-0.3, -0.25) is 19.7 Å². The molecular formula is C20H18BrN3O6. The van der Waals surface area contributed by atoms with Crippen LogP contribution in [0.25, 0.3) is 0 Å². The van der Waals surface area contributed by atoms with Gasteiger partial charge in [0.05, 0.1) is 34.8 Å². The number of morpholine rings is 1. The van der Waals surface area contributed by atoms with E-state index in [4.69, 9.17) is 9.47 Å². The highest BCUT2D eigenvalue weighted by molar-refractivity contribution is 9.10. The van der Waals surface area contributed by atoms with Crippen LogP contribution in [0.5, 0.6) is 5.75 Å². The van der Waals surface area contributed by atoms with Crippen molar-refractivity contribution in [2.24, 2.45) is 0 Å². The molecule has 0 bridgehead atoms. The highest BCUT2D eigenvalue weighted by Gasteiger charge is 2.37. The normalized spacial score (nSPS) is 18.4. The van der Waals surface area contributed by atoms with Gasteiger partial charge in [-0.1, -0.05) is 12.1 Å². The molecule has 2 amide bonds. The number of fused-ring (bicyclic) bond motifs is 1. The molecule has 1 fully saturated rings. The van der Waals surface area contributed by atoms with E-state index < -0.39 is 16.9 Å². The smallest absolute Gasteiger partial charge is 0.284 e. The summed E-state index contributed by atoms with van der Waals surface area (Å²) >= 11 is 3.13. The Balaban J connectivity index is 1.66. The second-order valence-electron chi connectivity index (χ2n) is 6.85. The third-order valence-electron chi connectivity index (χ3n) is 5.01. The van der Waals surface area contributed by atoms with Crippen LogP contribution in [-0.4, -0.2) is 60.6 Å². The molecule has 30 heavy (non-hydrogen) atoms. The molecule has 0 spiro atoms. The Hall–Kier alpha value is -2.98. The van der Waals surface area contributed by atoms with E-state index in [1.165, 1.54) is 23.1 Å². The van der Waals surface area contributed by atoms with E-state index in [2.05, 4.69) is 15.9 Å². The molecule has 10 heteroatoms. The average molecular weight is 476 g/mol. The average Bonchev–Trinajstić information content (AvgIpc) is 2.78. The van der Waals surface area contributed by atoms with Crippen LogP contribution in [0.15, 0.2) is 46.9 Å². The first kappa shape index (κ1) is 20.3. The monoisotopic (exact) mass is 475 g/mol. The predicted molar refractivity (Wildman–Crippen MR) is 111 cm³/mol. The lowest BCUT2D eigenvalue weighted by Crippen LogP contribution is -2.54. The Kier molecular flexibility index (Phi) is 5.69. The first-order chi connectivity index (χ1) is 14.5. The molecule has 1 atom stereocenters. The Labute approximate surface area is 180 Å². The van der Waals surface area contributed by atoms with E-state index in [1.54, 1.807) is 29.2 Å². The van der Waals surface area contributed by atoms with Crippen LogP contribution in [0.3, 0.4) is 0 Å². The Morgan fingerprint density at radius 3 is 2.60 bits per heavy atom. The lowest BCUT2D eigenvalue weighted by molar-refractivity contribution is -0.385. The Morgan fingerprint density at radius 1 is 1.13 bits per heavy atom. The van der Waals surface area contributed by atoms with Gasteiger partial charge in [0, 0.05) is 24.7 Å². The zero-order chi connectivity index (χ0) is 21.3. The number of nitro benzene ring substituents is 1. The van der Waals surface area contributed by atoms with Crippen molar-refractivity contribution in [3.8, 4) is 5.75 Å². The molecule has 4 rings (SSSR count). The third kappa shape index (κ3) is 3.88. The number of hydrogen-bond donors (Lipinski definition) is 0. The van der Waals surface area contributed by atoms with E-state index in [-0.39, 0.29) is 28.2 Å². The molecule has 0 radical (unpaired) electrons. The first-order valence-electron chi connectivity index (χ1n) is 9.33. The topological polar surface area (TPSA) is 102 Å². The van der Waals surface area contributed by atoms with E-state index in [0.717, 1.165) is 0 Å². The van der Waals surface area contributed by atoms with Gasteiger partial charge in [-0.05, 0) is 40.2 Å². The molecule has 0 unspecified atom stereocenters. The molecule has 0 aromatic heterocycles. The van der Waals surface area contributed by atoms with Crippen molar-refractivity contribution in [2.45, 2.75) is 6.10 Å². The van der Waals surface area contributed by atoms with Gasteiger partial charge in [0.15, 0.2) is 6.10 Å². The van der Waals surface area contributed by atoms with Gasteiger partial charge in [0.1, 0.15) is 5.75 Å². The van der Waals surface area contributed by atoms with Crippen molar-refractivity contribution < 1.29 is 24.0 Å². The number of ether oxygens (including phenoxy) is 2. The zero-order valence-corrected chi connectivity index (χ0v) is 17.4.